The molecule has 4 aliphatic carbocycles. The maximum Gasteiger partial charge on any atom is 2.00 e. The fraction of sp³-hybridized carbons (Fsp3) is 0.619. The molecule has 0 bridgehead atoms. The fourth-order valence-corrected chi connectivity index (χ4v) is 15.2. The van der Waals surface area contributed by atoms with Crippen molar-refractivity contribution in [2.45, 2.75) is 164 Å². The largest absolute Gasteiger partial charge is 2.00 e. The molecule has 49 heavy (non-hydrogen) atoms. The summed E-state index contributed by atoms with van der Waals surface area (Å²) in [6.45, 7) is 0. The molecule has 0 N–H and O–H groups in total. The molecule has 0 unspecified atom stereocenters. The second-order valence-electron chi connectivity index (χ2n) is 14.5. The van der Waals surface area contributed by atoms with Crippen LogP contribution in [0.3, 0.4) is 0 Å². The Bertz CT molecular complexity index is 1040. The Morgan fingerprint density at radius 2 is 0.673 bits per heavy atom. The molecule has 6 rings (SSSR count). The summed E-state index contributed by atoms with van der Waals surface area (Å²) in [6.07, 6.45) is 35.8. The van der Waals surface area contributed by atoms with Gasteiger partial charge in [0.05, 0.1) is 0 Å². The molecule has 0 heterocycles. The van der Waals surface area contributed by atoms with E-state index in [4.69, 9.17) is 0 Å². The van der Waals surface area contributed by atoms with Crippen LogP contribution in [0.4, 0.5) is 8.78 Å². The second kappa shape index (κ2) is 25.6. The van der Waals surface area contributed by atoms with E-state index in [0.717, 1.165) is 35.5 Å². The molecular formula is C42H60Cl2F2NiP2. The van der Waals surface area contributed by atoms with Gasteiger partial charge >= 0.3 is 16.5 Å². The average molecular weight is 794 g/mol. The summed E-state index contributed by atoms with van der Waals surface area (Å²) in [5.74, 6) is 4.93. The van der Waals surface area contributed by atoms with Gasteiger partial charge in [-0.15, -0.1) is 0 Å². The van der Waals surface area contributed by atoms with Crippen molar-refractivity contribution in [2.75, 3.05) is 0 Å². The molecule has 2 aromatic carbocycles. The Hall–Kier alpha value is -0.286. The quantitative estimate of drug-likeness (QED) is 0.169. The van der Waals surface area contributed by atoms with Crippen molar-refractivity contribution < 1.29 is 50.1 Å². The summed E-state index contributed by atoms with van der Waals surface area (Å²) >= 11 is 0. The van der Waals surface area contributed by atoms with E-state index in [2.05, 4.69) is 23.8 Å². The second-order valence-corrected chi connectivity index (χ2v) is 19.8. The summed E-state index contributed by atoms with van der Waals surface area (Å²) in [6, 6.07) is 14.0. The third-order valence-electron chi connectivity index (χ3n) is 11.1. The van der Waals surface area contributed by atoms with E-state index in [1.165, 1.54) is 140 Å². The molecule has 0 spiro atoms. The summed E-state index contributed by atoms with van der Waals surface area (Å²) in [5.41, 5.74) is 6.37. The van der Waals surface area contributed by atoms with Gasteiger partial charge in [-0.1, -0.05) is 141 Å². The first-order valence-electron chi connectivity index (χ1n) is 19.0. The molecule has 0 atom stereocenters. The van der Waals surface area contributed by atoms with E-state index in [9.17, 15) is 8.78 Å². The first-order chi connectivity index (χ1) is 22.7. The molecule has 4 saturated carbocycles. The smallest absolute Gasteiger partial charge is 1.00 e. The van der Waals surface area contributed by atoms with Crippen LogP contribution < -0.4 is 24.8 Å². The van der Waals surface area contributed by atoms with Gasteiger partial charge in [0, 0.05) is 0 Å². The van der Waals surface area contributed by atoms with Crippen LogP contribution in [0.15, 0.2) is 72.3 Å². The van der Waals surface area contributed by atoms with E-state index in [0.29, 0.717) is 0 Å². The molecule has 276 valence electrons. The SMILES string of the molecule is Fc1ccc(CC=CP(C2CCCCC2)C2CCCCC2)cc1.Fc1ccc(CC=CP(C2CCCCC2)C2CCCCC2)cc1.[Cl-].[Cl-].[Ni+2]. The van der Waals surface area contributed by atoms with E-state index in [1.807, 2.05) is 24.3 Å². The van der Waals surface area contributed by atoms with Crippen molar-refractivity contribution in [3.8, 4) is 0 Å². The number of rotatable bonds is 10. The van der Waals surface area contributed by atoms with E-state index in [-0.39, 0.29) is 68.8 Å². The Balaban J connectivity index is 0.000000321. The fourth-order valence-electron chi connectivity index (χ4n) is 8.46. The van der Waals surface area contributed by atoms with Gasteiger partial charge in [0.25, 0.3) is 0 Å². The third kappa shape index (κ3) is 15.7. The van der Waals surface area contributed by atoms with E-state index >= 15 is 0 Å². The van der Waals surface area contributed by atoms with Crippen LogP contribution in [-0.2, 0) is 29.3 Å². The third-order valence-corrected chi connectivity index (χ3v) is 17.6. The van der Waals surface area contributed by atoms with Gasteiger partial charge in [-0.3, -0.25) is 0 Å². The maximum absolute atomic E-state index is 13.0. The maximum atomic E-state index is 13.0. The van der Waals surface area contributed by atoms with Crippen molar-refractivity contribution in [1.29, 1.82) is 0 Å². The zero-order valence-electron chi connectivity index (χ0n) is 29.5. The molecule has 0 amide bonds. The minimum absolute atomic E-state index is 0. The molecule has 4 fully saturated rings. The predicted octanol–water partition coefficient (Wildman–Crippen LogP) is 8.06. The Labute approximate surface area is 323 Å². The first-order valence-corrected chi connectivity index (χ1v) is 22.1. The molecule has 4 aliphatic rings. The molecule has 0 radical (unpaired) electrons. The van der Waals surface area contributed by atoms with Crippen molar-refractivity contribution in [2.24, 2.45) is 0 Å². The van der Waals surface area contributed by atoms with Crippen LogP contribution in [0.1, 0.15) is 140 Å². The van der Waals surface area contributed by atoms with Gasteiger partial charge in [0.2, 0.25) is 0 Å². The zero-order chi connectivity index (χ0) is 31.8. The zero-order valence-corrected chi connectivity index (χ0v) is 33.8. The number of hydrogen-bond acceptors (Lipinski definition) is 0. The van der Waals surface area contributed by atoms with Crippen LogP contribution in [-0.4, -0.2) is 22.6 Å². The molecule has 0 nitrogen and oxygen atoms in total. The van der Waals surface area contributed by atoms with Gasteiger partial charge in [-0.05, 0) is 122 Å². The van der Waals surface area contributed by atoms with Gasteiger partial charge in [-0.2, -0.15) is 0 Å². The van der Waals surface area contributed by atoms with Crippen LogP contribution in [0, 0.1) is 11.6 Å². The molecule has 0 aromatic heterocycles. The van der Waals surface area contributed by atoms with Crippen LogP contribution >= 0.6 is 15.8 Å². The molecule has 2 aromatic rings. The molecule has 0 saturated heterocycles. The van der Waals surface area contributed by atoms with Crippen LogP contribution in [0.5, 0.6) is 0 Å². The Morgan fingerprint density at radius 1 is 0.429 bits per heavy atom. The van der Waals surface area contributed by atoms with Crippen LogP contribution in [0.25, 0.3) is 0 Å². The monoisotopic (exact) mass is 792 g/mol. The van der Waals surface area contributed by atoms with Gasteiger partial charge < -0.3 is 24.8 Å². The minimum Gasteiger partial charge on any atom is -1.00 e. The van der Waals surface area contributed by atoms with E-state index in [1.54, 1.807) is 24.3 Å². The number of halogens is 4. The average Bonchev–Trinajstić information content (AvgIpc) is 3.12. The molecule has 7 heteroatoms. The van der Waals surface area contributed by atoms with Crippen molar-refractivity contribution in [3.63, 3.8) is 0 Å². The van der Waals surface area contributed by atoms with Crippen molar-refractivity contribution in [3.05, 3.63) is 95.1 Å². The number of hydrogen-bond donors (Lipinski definition) is 0. The standard InChI is InChI=1S/2C21H30FP.2ClH.Ni/c2*22-19-15-13-18(14-16-19)8-7-17-23(20-9-3-1-4-10-20)21-11-5-2-6-12-21;;;/h2*7,13-17,20-21H,1-6,8-12H2;2*1H;/q;;;;+2/p-2. The molecular weight excluding hydrogens is 734 g/mol. The number of allylic oxidation sites excluding steroid dienone is 2. The van der Waals surface area contributed by atoms with Crippen LogP contribution in [0.2, 0.25) is 0 Å². The van der Waals surface area contributed by atoms with Crippen molar-refractivity contribution in [1.82, 2.24) is 0 Å². The Kier molecular flexibility index (Phi) is 23.5. The predicted molar refractivity (Wildman–Crippen MR) is 200 cm³/mol. The van der Waals surface area contributed by atoms with Crippen molar-refractivity contribution >= 4 is 15.8 Å². The Morgan fingerprint density at radius 3 is 0.918 bits per heavy atom. The summed E-state index contributed by atoms with van der Waals surface area (Å²) in [4.78, 5) is 0. The van der Waals surface area contributed by atoms with Gasteiger partial charge in [0.15, 0.2) is 0 Å². The number of benzene rings is 2. The first kappa shape index (κ1) is 44.9. The topological polar surface area (TPSA) is 0 Å². The summed E-state index contributed by atoms with van der Waals surface area (Å²) in [7, 11) is 0.0918. The minimum atomic E-state index is -0.135. The van der Waals surface area contributed by atoms with Gasteiger partial charge in [-0.25, -0.2) is 8.78 Å². The summed E-state index contributed by atoms with van der Waals surface area (Å²) < 4.78 is 26.0. The molecule has 0 aliphatic heterocycles. The van der Waals surface area contributed by atoms with E-state index < -0.39 is 0 Å². The van der Waals surface area contributed by atoms with Gasteiger partial charge in [0.1, 0.15) is 11.6 Å². The summed E-state index contributed by atoms with van der Waals surface area (Å²) in [5, 5.41) is 0. The normalized spacial score (nSPS) is 20.0.